The number of hydrogen-bond donors (Lipinski definition) is 2. The molecule has 8 heteroatoms. The second-order valence-corrected chi connectivity index (χ2v) is 6.85. The number of hydrogen-bond acceptors (Lipinski definition) is 4. The first kappa shape index (κ1) is 20.1. The number of carbonyl (C=O) groups is 2. The Kier molecular flexibility index (Phi) is 5.92. The van der Waals surface area contributed by atoms with E-state index in [0.29, 0.717) is 23.0 Å². The molecule has 0 unspecified atom stereocenters. The van der Waals surface area contributed by atoms with E-state index >= 15 is 0 Å². The molecule has 0 saturated carbocycles. The van der Waals surface area contributed by atoms with Gasteiger partial charge in [-0.25, -0.2) is 4.79 Å². The van der Waals surface area contributed by atoms with E-state index in [9.17, 15) is 19.2 Å². The summed E-state index contributed by atoms with van der Waals surface area (Å²) in [6.45, 7) is 0.467. The third-order valence-electron chi connectivity index (χ3n) is 4.56. The van der Waals surface area contributed by atoms with E-state index in [1.54, 1.807) is 62.6 Å². The lowest BCUT2D eigenvalue weighted by molar-refractivity contribution is -0.121. The molecule has 0 radical (unpaired) electrons. The molecule has 2 aromatic carbocycles. The molecule has 0 spiro atoms. The molecule has 0 atom stereocenters. The van der Waals surface area contributed by atoms with Gasteiger partial charge in [0.1, 0.15) is 0 Å². The molecule has 29 heavy (non-hydrogen) atoms. The van der Waals surface area contributed by atoms with E-state index in [1.165, 1.54) is 9.47 Å². The average Bonchev–Trinajstić information content (AvgIpc) is 2.72. The Morgan fingerprint density at radius 3 is 2.41 bits per heavy atom. The monoisotopic (exact) mass is 394 g/mol. The number of para-hydroxylation sites is 1. The van der Waals surface area contributed by atoms with E-state index in [-0.39, 0.29) is 24.8 Å². The molecule has 2 N–H and O–H groups in total. The maximum atomic E-state index is 12.2. The van der Waals surface area contributed by atoms with Crippen molar-refractivity contribution in [2.24, 2.45) is 0 Å². The van der Waals surface area contributed by atoms with Crippen LogP contribution in [0.15, 0.2) is 58.1 Å². The summed E-state index contributed by atoms with van der Waals surface area (Å²) in [6.07, 6.45) is 0.0904. The molecule has 0 aliphatic heterocycles. The minimum atomic E-state index is -0.539. The number of nitrogens with one attached hydrogen (secondary N) is 2. The Bertz CT molecular complexity index is 1160. The summed E-state index contributed by atoms with van der Waals surface area (Å²) in [7, 11) is 3.38. The van der Waals surface area contributed by atoms with E-state index < -0.39 is 11.2 Å². The van der Waals surface area contributed by atoms with Gasteiger partial charge in [-0.05, 0) is 29.8 Å². The molecule has 150 valence electrons. The standard InChI is InChI=1S/C21H22N4O4/c1-24(2)20(28)15-9-7-14(8-10-15)13-22-18(26)11-12-25-17-6-4-3-5-16(17)19(27)23-21(25)29/h3-10H,11-13H2,1-2H3,(H,22,26)(H,23,27,29). The summed E-state index contributed by atoms with van der Waals surface area (Å²) < 4.78 is 1.39. The van der Waals surface area contributed by atoms with Crippen LogP contribution < -0.4 is 16.6 Å². The summed E-state index contributed by atoms with van der Waals surface area (Å²) >= 11 is 0. The molecule has 1 heterocycles. The van der Waals surface area contributed by atoms with Gasteiger partial charge < -0.3 is 10.2 Å². The van der Waals surface area contributed by atoms with Gasteiger partial charge in [0.25, 0.3) is 11.5 Å². The first-order valence-corrected chi connectivity index (χ1v) is 9.16. The number of benzene rings is 2. The Morgan fingerprint density at radius 1 is 1.03 bits per heavy atom. The van der Waals surface area contributed by atoms with Crippen molar-refractivity contribution in [3.63, 3.8) is 0 Å². The van der Waals surface area contributed by atoms with Gasteiger partial charge >= 0.3 is 5.69 Å². The van der Waals surface area contributed by atoms with Crippen LogP contribution in [0.1, 0.15) is 22.3 Å². The molecule has 3 rings (SSSR count). The van der Waals surface area contributed by atoms with Gasteiger partial charge in [0.05, 0.1) is 10.9 Å². The van der Waals surface area contributed by atoms with Crippen LogP contribution in [0.25, 0.3) is 10.9 Å². The predicted octanol–water partition coefficient (Wildman–Crippen LogP) is 1.10. The lowest BCUT2D eigenvalue weighted by Crippen LogP contribution is -2.32. The predicted molar refractivity (Wildman–Crippen MR) is 110 cm³/mol. The fraction of sp³-hybridized carbons (Fsp3) is 0.238. The van der Waals surface area contributed by atoms with Crippen molar-refractivity contribution in [3.8, 4) is 0 Å². The van der Waals surface area contributed by atoms with E-state index in [4.69, 9.17) is 0 Å². The Hall–Kier alpha value is -3.68. The van der Waals surface area contributed by atoms with E-state index in [0.717, 1.165) is 5.56 Å². The summed E-state index contributed by atoms with van der Waals surface area (Å²) in [5.74, 6) is -0.306. The van der Waals surface area contributed by atoms with Gasteiger partial charge in [0.15, 0.2) is 0 Å². The number of rotatable bonds is 6. The fourth-order valence-electron chi connectivity index (χ4n) is 2.99. The van der Waals surface area contributed by atoms with Gasteiger partial charge in [-0.3, -0.25) is 23.9 Å². The van der Waals surface area contributed by atoms with Gasteiger partial charge in [-0.2, -0.15) is 0 Å². The van der Waals surface area contributed by atoms with Crippen LogP contribution in [0.2, 0.25) is 0 Å². The summed E-state index contributed by atoms with van der Waals surface area (Å²) in [5, 5.41) is 3.20. The van der Waals surface area contributed by atoms with Crippen LogP contribution in [0.4, 0.5) is 0 Å². The van der Waals surface area contributed by atoms with Crippen LogP contribution in [-0.2, 0) is 17.9 Å². The lowest BCUT2D eigenvalue weighted by Gasteiger charge is -2.11. The second-order valence-electron chi connectivity index (χ2n) is 6.85. The minimum absolute atomic E-state index is 0.0841. The molecule has 2 amide bonds. The van der Waals surface area contributed by atoms with Crippen molar-refractivity contribution in [2.45, 2.75) is 19.5 Å². The lowest BCUT2D eigenvalue weighted by atomic mass is 10.1. The highest BCUT2D eigenvalue weighted by molar-refractivity contribution is 5.93. The first-order valence-electron chi connectivity index (χ1n) is 9.16. The Balaban J connectivity index is 1.61. The zero-order valence-electron chi connectivity index (χ0n) is 16.3. The normalized spacial score (nSPS) is 10.7. The number of fused-ring (bicyclic) bond motifs is 1. The fourth-order valence-corrected chi connectivity index (χ4v) is 2.99. The largest absolute Gasteiger partial charge is 0.352 e. The number of H-pyrrole nitrogens is 1. The SMILES string of the molecule is CN(C)C(=O)c1ccc(CNC(=O)CCn2c(=O)[nH]c(=O)c3ccccc32)cc1. The van der Waals surface area contributed by atoms with Crippen LogP contribution in [0, 0.1) is 0 Å². The number of amides is 2. The highest BCUT2D eigenvalue weighted by atomic mass is 16.2. The highest BCUT2D eigenvalue weighted by Gasteiger charge is 2.10. The van der Waals surface area contributed by atoms with Crippen molar-refractivity contribution < 1.29 is 9.59 Å². The zero-order valence-corrected chi connectivity index (χ0v) is 16.3. The summed E-state index contributed by atoms with van der Waals surface area (Å²) in [5.41, 5.74) is 0.954. The van der Waals surface area contributed by atoms with Crippen LogP contribution in [0.3, 0.4) is 0 Å². The molecule has 0 fully saturated rings. The average molecular weight is 394 g/mol. The number of aromatic nitrogens is 2. The van der Waals surface area contributed by atoms with Crippen LogP contribution in [-0.4, -0.2) is 40.4 Å². The van der Waals surface area contributed by atoms with E-state index in [2.05, 4.69) is 10.3 Å². The third-order valence-corrected chi connectivity index (χ3v) is 4.56. The second kappa shape index (κ2) is 8.55. The minimum Gasteiger partial charge on any atom is -0.352 e. The van der Waals surface area contributed by atoms with Gasteiger partial charge in [-0.15, -0.1) is 0 Å². The smallest absolute Gasteiger partial charge is 0.328 e. The third kappa shape index (κ3) is 4.60. The number of aromatic amines is 1. The van der Waals surface area contributed by atoms with Crippen LogP contribution >= 0.6 is 0 Å². The molecule has 0 bridgehead atoms. The van der Waals surface area contributed by atoms with Crippen molar-refractivity contribution in [1.29, 1.82) is 0 Å². The molecule has 0 aliphatic rings. The number of aryl methyl sites for hydroxylation is 1. The van der Waals surface area contributed by atoms with Crippen molar-refractivity contribution in [2.75, 3.05) is 14.1 Å². The van der Waals surface area contributed by atoms with Crippen molar-refractivity contribution in [1.82, 2.24) is 19.8 Å². The maximum Gasteiger partial charge on any atom is 0.328 e. The molecule has 3 aromatic rings. The highest BCUT2D eigenvalue weighted by Crippen LogP contribution is 2.08. The van der Waals surface area contributed by atoms with Gasteiger partial charge in [0.2, 0.25) is 5.91 Å². The van der Waals surface area contributed by atoms with Gasteiger partial charge in [0, 0.05) is 39.2 Å². The van der Waals surface area contributed by atoms with Crippen LogP contribution in [0.5, 0.6) is 0 Å². The van der Waals surface area contributed by atoms with Gasteiger partial charge in [-0.1, -0.05) is 24.3 Å². The molecular formula is C21H22N4O4. The number of nitrogens with zero attached hydrogens (tertiary/aromatic N) is 2. The number of carbonyl (C=O) groups excluding carboxylic acids is 2. The maximum absolute atomic E-state index is 12.2. The quantitative estimate of drug-likeness (QED) is 0.653. The summed E-state index contributed by atoms with van der Waals surface area (Å²) in [6, 6.07) is 13.8. The molecule has 1 aromatic heterocycles. The van der Waals surface area contributed by atoms with E-state index in [1.807, 2.05) is 0 Å². The van der Waals surface area contributed by atoms with Crippen molar-refractivity contribution in [3.05, 3.63) is 80.5 Å². The molecular weight excluding hydrogens is 372 g/mol. The molecule has 0 aliphatic carbocycles. The Morgan fingerprint density at radius 2 is 1.72 bits per heavy atom. The van der Waals surface area contributed by atoms with Crippen molar-refractivity contribution >= 4 is 22.7 Å². The topological polar surface area (TPSA) is 104 Å². The molecule has 8 nitrogen and oxygen atoms in total. The first-order chi connectivity index (χ1) is 13.9. The molecule has 0 saturated heterocycles. The Labute approximate surface area is 166 Å². The summed E-state index contributed by atoms with van der Waals surface area (Å²) in [4.78, 5) is 51.9. The zero-order chi connectivity index (χ0) is 21.0.